The zero-order valence-electron chi connectivity index (χ0n) is 12.9. The summed E-state index contributed by atoms with van der Waals surface area (Å²) in [5, 5.41) is 3.72. The monoisotopic (exact) mass is 268 g/mol. The van der Waals surface area contributed by atoms with E-state index in [1.54, 1.807) is 0 Å². The van der Waals surface area contributed by atoms with Crippen LogP contribution in [0.4, 0.5) is 0 Å². The molecule has 112 valence electrons. The lowest BCUT2D eigenvalue weighted by Crippen LogP contribution is -2.45. The second-order valence-corrected chi connectivity index (χ2v) is 6.51. The maximum atomic E-state index is 5.59. The Morgan fingerprint density at radius 3 is 2.63 bits per heavy atom. The van der Waals surface area contributed by atoms with Crippen LogP contribution in [-0.2, 0) is 4.74 Å². The lowest BCUT2D eigenvalue weighted by atomic mass is 9.96. The Labute approximate surface area is 119 Å². The van der Waals surface area contributed by atoms with Crippen molar-refractivity contribution in [3.05, 3.63) is 0 Å². The van der Waals surface area contributed by atoms with Gasteiger partial charge >= 0.3 is 0 Å². The minimum Gasteiger partial charge on any atom is -0.381 e. The van der Waals surface area contributed by atoms with Gasteiger partial charge < -0.3 is 15.0 Å². The second kappa shape index (κ2) is 8.23. The van der Waals surface area contributed by atoms with Gasteiger partial charge in [-0.2, -0.15) is 0 Å². The van der Waals surface area contributed by atoms with Crippen molar-refractivity contribution in [1.82, 2.24) is 10.2 Å². The molecule has 2 unspecified atom stereocenters. The highest BCUT2D eigenvalue weighted by Crippen LogP contribution is 2.28. The van der Waals surface area contributed by atoms with Crippen LogP contribution in [0.5, 0.6) is 0 Å². The summed E-state index contributed by atoms with van der Waals surface area (Å²) >= 11 is 0. The van der Waals surface area contributed by atoms with Gasteiger partial charge in [0, 0.05) is 25.7 Å². The molecule has 1 aliphatic heterocycles. The Bertz CT molecular complexity index is 235. The molecule has 1 saturated heterocycles. The van der Waals surface area contributed by atoms with Gasteiger partial charge in [0.2, 0.25) is 0 Å². The Kier molecular flexibility index (Phi) is 6.62. The van der Waals surface area contributed by atoms with Gasteiger partial charge in [-0.15, -0.1) is 0 Å². The molecule has 0 aromatic rings. The van der Waals surface area contributed by atoms with Crippen LogP contribution in [0, 0.1) is 11.8 Å². The molecule has 2 rings (SSSR count). The van der Waals surface area contributed by atoms with E-state index in [1.165, 1.54) is 51.6 Å². The molecule has 3 nitrogen and oxygen atoms in total. The predicted molar refractivity (Wildman–Crippen MR) is 80.5 cm³/mol. The van der Waals surface area contributed by atoms with Gasteiger partial charge in [0.25, 0.3) is 0 Å². The lowest BCUT2D eigenvalue weighted by Gasteiger charge is -2.32. The van der Waals surface area contributed by atoms with E-state index in [-0.39, 0.29) is 0 Å². The summed E-state index contributed by atoms with van der Waals surface area (Å²) in [4.78, 5) is 2.53. The van der Waals surface area contributed by atoms with Gasteiger partial charge in [0.15, 0.2) is 0 Å². The molecule has 0 spiro atoms. The first-order valence-electron chi connectivity index (χ1n) is 8.29. The van der Waals surface area contributed by atoms with Crippen LogP contribution in [0.2, 0.25) is 0 Å². The molecule has 2 aliphatic rings. The number of hydrogen-bond donors (Lipinski definition) is 1. The fourth-order valence-electron chi connectivity index (χ4n) is 3.80. The van der Waals surface area contributed by atoms with E-state index in [0.29, 0.717) is 6.04 Å². The number of rotatable bonds is 7. The van der Waals surface area contributed by atoms with Crippen LogP contribution in [-0.4, -0.2) is 50.8 Å². The summed E-state index contributed by atoms with van der Waals surface area (Å²) in [5.74, 6) is 1.66. The quantitative estimate of drug-likeness (QED) is 0.768. The van der Waals surface area contributed by atoms with Crippen molar-refractivity contribution in [2.75, 3.05) is 39.9 Å². The average molecular weight is 268 g/mol. The third-order valence-electron chi connectivity index (χ3n) is 4.77. The van der Waals surface area contributed by atoms with Crippen molar-refractivity contribution in [2.24, 2.45) is 11.8 Å². The summed E-state index contributed by atoms with van der Waals surface area (Å²) in [6.07, 6.45) is 8.33. The van der Waals surface area contributed by atoms with Gasteiger partial charge in [-0.1, -0.05) is 19.8 Å². The van der Waals surface area contributed by atoms with E-state index in [0.717, 1.165) is 31.6 Å². The summed E-state index contributed by atoms with van der Waals surface area (Å²) < 4.78 is 5.59. The van der Waals surface area contributed by atoms with Crippen molar-refractivity contribution >= 4 is 0 Å². The zero-order chi connectivity index (χ0) is 13.5. The molecule has 1 heterocycles. The van der Waals surface area contributed by atoms with E-state index in [4.69, 9.17) is 4.74 Å². The molecule has 0 bridgehead atoms. The number of nitrogens with one attached hydrogen (secondary N) is 1. The smallest absolute Gasteiger partial charge is 0.0506 e. The maximum absolute atomic E-state index is 5.59. The van der Waals surface area contributed by atoms with E-state index in [2.05, 4.69) is 24.2 Å². The molecule has 3 heteroatoms. The average Bonchev–Trinajstić information content (AvgIpc) is 2.93. The highest BCUT2D eigenvalue weighted by atomic mass is 16.5. The normalized spacial score (nSPS) is 27.0. The van der Waals surface area contributed by atoms with E-state index in [9.17, 15) is 0 Å². The largest absolute Gasteiger partial charge is 0.381 e. The van der Waals surface area contributed by atoms with Crippen LogP contribution in [0.3, 0.4) is 0 Å². The van der Waals surface area contributed by atoms with Crippen molar-refractivity contribution in [3.8, 4) is 0 Å². The zero-order valence-corrected chi connectivity index (χ0v) is 12.9. The highest BCUT2D eigenvalue weighted by Gasteiger charge is 2.26. The van der Waals surface area contributed by atoms with Crippen molar-refractivity contribution in [2.45, 2.75) is 51.5 Å². The summed E-state index contributed by atoms with van der Waals surface area (Å²) in [5.41, 5.74) is 0. The number of nitrogens with zero attached hydrogens (tertiary/aromatic N) is 1. The fraction of sp³-hybridized carbons (Fsp3) is 1.00. The Morgan fingerprint density at radius 1 is 1.21 bits per heavy atom. The summed E-state index contributed by atoms with van der Waals surface area (Å²) in [6, 6.07) is 0.696. The standard InChI is InChI=1S/C16H32N2O/c1-3-17-16(15-8-4-5-9-15)12-18(2)11-14-7-6-10-19-13-14/h14-17H,3-13H2,1-2H3. The number of ether oxygens (including phenoxy) is 1. The third kappa shape index (κ3) is 5.05. The first-order chi connectivity index (χ1) is 9.29. The van der Waals surface area contributed by atoms with Crippen LogP contribution in [0.25, 0.3) is 0 Å². The Hall–Kier alpha value is -0.120. The molecule has 0 radical (unpaired) electrons. The minimum atomic E-state index is 0.696. The molecule has 1 saturated carbocycles. The predicted octanol–water partition coefficient (Wildman–Crippen LogP) is 2.51. The van der Waals surface area contributed by atoms with Crippen molar-refractivity contribution in [3.63, 3.8) is 0 Å². The van der Waals surface area contributed by atoms with Gasteiger partial charge in [-0.3, -0.25) is 0 Å². The topological polar surface area (TPSA) is 24.5 Å². The molecule has 0 aromatic heterocycles. The van der Waals surface area contributed by atoms with Crippen LogP contribution in [0.1, 0.15) is 45.4 Å². The van der Waals surface area contributed by atoms with Crippen LogP contribution >= 0.6 is 0 Å². The molecule has 19 heavy (non-hydrogen) atoms. The minimum absolute atomic E-state index is 0.696. The molecule has 0 aromatic carbocycles. The van der Waals surface area contributed by atoms with Gasteiger partial charge in [0.05, 0.1) is 6.61 Å². The van der Waals surface area contributed by atoms with E-state index >= 15 is 0 Å². The third-order valence-corrected chi connectivity index (χ3v) is 4.77. The van der Waals surface area contributed by atoms with Crippen LogP contribution < -0.4 is 5.32 Å². The van der Waals surface area contributed by atoms with Gasteiger partial charge in [-0.05, 0) is 51.1 Å². The first-order valence-corrected chi connectivity index (χ1v) is 8.29. The number of likely N-dealkylation sites (N-methyl/N-ethyl adjacent to an activating group) is 2. The Morgan fingerprint density at radius 2 is 2.00 bits per heavy atom. The SMILES string of the molecule is CCNC(CN(C)CC1CCCOC1)C1CCCC1. The lowest BCUT2D eigenvalue weighted by molar-refractivity contribution is 0.0400. The Balaban J connectivity index is 1.74. The number of hydrogen-bond acceptors (Lipinski definition) is 3. The molecule has 2 fully saturated rings. The summed E-state index contributed by atoms with van der Waals surface area (Å²) in [6.45, 7) is 7.68. The molecular formula is C16H32N2O. The highest BCUT2D eigenvalue weighted by molar-refractivity contribution is 4.83. The van der Waals surface area contributed by atoms with Crippen molar-refractivity contribution in [1.29, 1.82) is 0 Å². The van der Waals surface area contributed by atoms with Gasteiger partial charge in [0.1, 0.15) is 0 Å². The molecule has 1 aliphatic carbocycles. The molecule has 2 atom stereocenters. The van der Waals surface area contributed by atoms with Crippen molar-refractivity contribution < 1.29 is 4.74 Å². The molecule has 1 N–H and O–H groups in total. The maximum Gasteiger partial charge on any atom is 0.0506 e. The van der Waals surface area contributed by atoms with E-state index < -0.39 is 0 Å². The van der Waals surface area contributed by atoms with Gasteiger partial charge in [-0.25, -0.2) is 0 Å². The first kappa shape index (κ1) is 15.3. The second-order valence-electron chi connectivity index (χ2n) is 6.51. The van der Waals surface area contributed by atoms with Crippen LogP contribution in [0.15, 0.2) is 0 Å². The molecule has 0 amide bonds. The van der Waals surface area contributed by atoms with E-state index in [1.807, 2.05) is 0 Å². The summed E-state index contributed by atoms with van der Waals surface area (Å²) in [7, 11) is 2.29. The molecular weight excluding hydrogens is 236 g/mol. The fourth-order valence-corrected chi connectivity index (χ4v) is 3.80.